The van der Waals surface area contributed by atoms with Crippen LogP contribution in [0.15, 0.2) is 24.9 Å². The second kappa shape index (κ2) is 8.30. The SMILES string of the molecule is C=Cc1ccc(B2OC(C)(C)C(C)(C)O2)cn1.CC1CC(=O)C2(O)CC(F)(F)C(C)CC12. The molecule has 0 aromatic carbocycles. The van der Waals surface area contributed by atoms with Gasteiger partial charge < -0.3 is 14.4 Å². The number of hydrogen-bond donors (Lipinski definition) is 1. The van der Waals surface area contributed by atoms with Crippen LogP contribution in [0.2, 0.25) is 0 Å². The molecule has 4 unspecified atom stereocenters. The molecule has 5 nitrogen and oxygen atoms in total. The van der Waals surface area contributed by atoms with E-state index in [1.165, 1.54) is 6.92 Å². The van der Waals surface area contributed by atoms with Crippen molar-refractivity contribution in [1.29, 1.82) is 0 Å². The van der Waals surface area contributed by atoms with Crippen LogP contribution >= 0.6 is 0 Å². The molecular weight excluding hydrogens is 415 g/mol. The van der Waals surface area contributed by atoms with E-state index in [-0.39, 0.29) is 43.0 Å². The van der Waals surface area contributed by atoms with Crippen molar-refractivity contribution >= 4 is 24.4 Å². The van der Waals surface area contributed by atoms with Crippen molar-refractivity contribution in [3.05, 3.63) is 30.6 Å². The Bertz CT molecular complexity index is 857. The molecule has 1 aliphatic heterocycles. The number of halogens is 2. The molecule has 1 aromatic heterocycles. The minimum absolute atomic E-state index is 0.0288. The lowest BCUT2D eigenvalue weighted by atomic mass is 9.69. The van der Waals surface area contributed by atoms with Crippen molar-refractivity contribution in [2.45, 2.75) is 83.5 Å². The first-order chi connectivity index (χ1) is 14.6. The van der Waals surface area contributed by atoms with Crippen molar-refractivity contribution in [2.75, 3.05) is 0 Å². The molecule has 2 saturated carbocycles. The maximum absolute atomic E-state index is 13.5. The number of pyridine rings is 1. The summed E-state index contributed by atoms with van der Waals surface area (Å²) in [6.45, 7) is 15.2. The normalized spacial score (nSPS) is 34.5. The van der Waals surface area contributed by atoms with E-state index in [1.807, 2.05) is 46.8 Å². The first-order valence-electron chi connectivity index (χ1n) is 11.2. The number of ketones is 1. The third-order valence-electron chi connectivity index (χ3n) is 7.67. The fraction of sp³-hybridized carbons (Fsp3) is 0.667. The Balaban J connectivity index is 0.000000182. The van der Waals surface area contributed by atoms with Gasteiger partial charge in [0.05, 0.1) is 16.9 Å². The van der Waals surface area contributed by atoms with Gasteiger partial charge in [-0.25, -0.2) is 8.78 Å². The van der Waals surface area contributed by atoms with Crippen LogP contribution in [0.4, 0.5) is 8.78 Å². The Hall–Kier alpha value is -1.64. The minimum atomic E-state index is -2.91. The lowest BCUT2D eigenvalue weighted by Gasteiger charge is -2.42. The first kappa shape index (κ1) is 25.0. The molecule has 4 atom stereocenters. The summed E-state index contributed by atoms with van der Waals surface area (Å²) in [4.78, 5) is 15.8. The number of Topliss-reactive ketones (excluding diaryl/α,β-unsaturated/α-hetero) is 1. The van der Waals surface area contributed by atoms with E-state index < -0.39 is 29.6 Å². The van der Waals surface area contributed by atoms with E-state index in [0.29, 0.717) is 0 Å². The molecule has 2 heterocycles. The summed E-state index contributed by atoms with van der Waals surface area (Å²) in [5.74, 6) is -4.30. The van der Waals surface area contributed by atoms with Gasteiger partial charge in [0.25, 0.3) is 5.92 Å². The van der Waals surface area contributed by atoms with E-state index in [1.54, 1.807) is 12.3 Å². The predicted octanol–water partition coefficient (Wildman–Crippen LogP) is 4.03. The van der Waals surface area contributed by atoms with Crippen molar-refractivity contribution < 1.29 is 28.0 Å². The van der Waals surface area contributed by atoms with Gasteiger partial charge in [-0.1, -0.05) is 26.5 Å². The zero-order valence-electron chi connectivity index (χ0n) is 19.8. The molecule has 8 heteroatoms. The molecule has 1 aromatic rings. The number of rotatable bonds is 2. The maximum Gasteiger partial charge on any atom is 0.496 e. The zero-order valence-corrected chi connectivity index (χ0v) is 19.8. The lowest BCUT2D eigenvalue weighted by molar-refractivity contribution is -0.181. The standard InChI is InChI=1S/C13H18BNO2.C11H16F2O2/c1-6-11-8-7-10(9-15-11)14-16-12(2,3)13(4,5)17-14;1-6-3-9(14)10(15)5-11(12,13)7(2)4-8(6)10/h6-9H,1H2,2-5H3;6-8,15H,3-5H2,1-2H3. The van der Waals surface area contributed by atoms with Crippen LogP contribution in [0.25, 0.3) is 6.08 Å². The second-order valence-corrected chi connectivity index (χ2v) is 10.5. The summed E-state index contributed by atoms with van der Waals surface area (Å²) >= 11 is 0. The Morgan fingerprint density at radius 3 is 2.28 bits per heavy atom. The molecule has 176 valence electrons. The summed E-state index contributed by atoms with van der Waals surface area (Å²) in [6, 6.07) is 3.87. The van der Waals surface area contributed by atoms with Crippen LogP contribution < -0.4 is 5.46 Å². The van der Waals surface area contributed by atoms with Gasteiger partial charge in [0.15, 0.2) is 5.78 Å². The lowest BCUT2D eigenvalue weighted by Crippen LogP contribution is -2.53. The number of alkyl halides is 2. The van der Waals surface area contributed by atoms with Gasteiger partial charge in [-0.3, -0.25) is 9.78 Å². The monoisotopic (exact) mass is 449 g/mol. The van der Waals surface area contributed by atoms with Crippen molar-refractivity contribution in [1.82, 2.24) is 4.98 Å². The van der Waals surface area contributed by atoms with E-state index >= 15 is 0 Å². The van der Waals surface area contributed by atoms with Crippen LogP contribution in [0, 0.1) is 17.8 Å². The number of aromatic nitrogens is 1. The molecular formula is C24H34BF2NO4. The fourth-order valence-electron chi connectivity index (χ4n) is 4.69. The molecule has 32 heavy (non-hydrogen) atoms. The summed E-state index contributed by atoms with van der Waals surface area (Å²) in [5.41, 5.74) is -0.585. The number of hydrogen-bond acceptors (Lipinski definition) is 5. The topological polar surface area (TPSA) is 68.7 Å². The summed E-state index contributed by atoms with van der Waals surface area (Å²) in [6.07, 6.45) is 3.29. The van der Waals surface area contributed by atoms with Crippen LogP contribution in [0.1, 0.15) is 66.5 Å². The Kier molecular flexibility index (Phi) is 6.48. The number of carbonyl (C=O) groups excluding carboxylic acids is 1. The molecule has 1 N–H and O–H groups in total. The van der Waals surface area contributed by atoms with Gasteiger partial charge in [0.2, 0.25) is 0 Å². The number of fused-ring (bicyclic) bond motifs is 1. The van der Waals surface area contributed by atoms with Gasteiger partial charge in [0.1, 0.15) is 5.60 Å². The molecule has 0 bridgehead atoms. The third kappa shape index (κ3) is 4.41. The Morgan fingerprint density at radius 2 is 1.78 bits per heavy atom. The quantitative estimate of drug-likeness (QED) is 0.691. The van der Waals surface area contributed by atoms with Crippen LogP contribution in [-0.2, 0) is 14.1 Å². The fourth-order valence-corrected chi connectivity index (χ4v) is 4.69. The smallest absolute Gasteiger partial charge is 0.399 e. The maximum atomic E-state index is 13.5. The second-order valence-electron chi connectivity index (χ2n) is 10.5. The van der Waals surface area contributed by atoms with Crippen molar-refractivity contribution in [3.63, 3.8) is 0 Å². The molecule has 3 aliphatic rings. The third-order valence-corrected chi connectivity index (χ3v) is 7.67. The highest BCUT2D eigenvalue weighted by atomic mass is 19.3. The van der Waals surface area contributed by atoms with E-state index in [0.717, 1.165) is 11.2 Å². The van der Waals surface area contributed by atoms with Crippen molar-refractivity contribution in [3.8, 4) is 0 Å². The average molecular weight is 449 g/mol. The highest BCUT2D eigenvalue weighted by molar-refractivity contribution is 6.62. The van der Waals surface area contributed by atoms with E-state index in [4.69, 9.17) is 9.31 Å². The van der Waals surface area contributed by atoms with Crippen LogP contribution in [0.3, 0.4) is 0 Å². The van der Waals surface area contributed by atoms with Gasteiger partial charge in [-0.15, -0.1) is 0 Å². The molecule has 2 aliphatic carbocycles. The zero-order chi connectivity index (χ0) is 24.1. The largest absolute Gasteiger partial charge is 0.496 e. The number of carbonyl (C=O) groups is 1. The number of nitrogens with zero attached hydrogens (tertiary/aromatic N) is 1. The van der Waals surface area contributed by atoms with Crippen molar-refractivity contribution in [2.24, 2.45) is 17.8 Å². The van der Waals surface area contributed by atoms with Crippen LogP contribution in [-0.4, -0.2) is 45.7 Å². The first-order valence-corrected chi connectivity index (χ1v) is 11.2. The highest BCUT2D eigenvalue weighted by Gasteiger charge is 2.62. The molecule has 3 fully saturated rings. The summed E-state index contributed by atoms with van der Waals surface area (Å²) in [7, 11) is -0.341. The molecule has 0 spiro atoms. The predicted molar refractivity (Wildman–Crippen MR) is 121 cm³/mol. The molecule has 0 radical (unpaired) electrons. The average Bonchev–Trinajstić information content (AvgIpc) is 3.04. The minimum Gasteiger partial charge on any atom is -0.399 e. The van der Waals surface area contributed by atoms with E-state index in [9.17, 15) is 18.7 Å². The molecule has 4 rings (SSSR count). The van der Waals surface area contributed by atoms with Gasteiger partial charge in [-0.2, -0.15) is 0 Å². The Labute approximate surface area is 189 Å². The van der Waals surface area contributed by atoms with Crippen LogP contribution in [0.5, 0.6) is 0 Å². The van der Waals surface area contributed by atoms with Gasteiger partial charge in [-0.05, 0) is 58.1 Å². The summed E-state index contributed by atoms with van der Waals surface area (Å²) in [5, 5.41) is 10.1. The number of aliphatic hydroxyl groups is 1. The summed E-state index contributed by atoms with van der Waals surface area (Å²) < 4.78 is 38.8. The van der Waals surface area contributed by atoms with Gasteiger partial charge in [0, 0.05) is 30.4 Å². The molecule has 0 amide bonds. The van der Waals surface area contributed by atoms with E-state index in [2.05, 4.69) is 11.6 Å². The molecule has 1 saturated heterocycles. The highest BCUT2D eigenvalue weighted by Crippen LogP contribution is 2.53. The van der Waals surface area contributed by atoms with Gasteiger partial charge >= 0.3 is 7.12 Å². The Morgan fingerprint density at radius 1 is 1.19 bits per heavy atom.